The molecule has 28 heavy (non-hydrogen) atoms. The summed E-state index contributed by atoms with van der Waals surface area (Å²) in [5.41, 5.74) is 0.938. The van der Waals surface area contributed by atoms with Crippen LogP contribution in [0, 0.1) is 5.41 Å². The van der Waals surface area contributed by atoms with Gasteiger partial charge in [-0.05, 0) is 18.6 Å². The Bertz CT molecular complexity index is 954. The van der Waals surface area contributed by atoms with Gasteiger partial charge in [-0.2, -0.15) is 0 Å². The molecule has 0 heterocycles. The number of rotatable bonds is 6. The van der Waals surface area contributed by atoms with E-state index in [9.17, 15) is 14.4 Å². The van der Waals surface area contributed by atoms with E-state index >= 15 is 0 Å². The second-order valence-electron chi connectivity index (χ2n) is 7.50. The lowest BCUT2D eigenvalue weighted by Crippen LogP contribution is -2.29. The van der Waals surface area contributed by atoms with Crippen molar-refractivity contribution < 1.29 is 23.9 Å². The van der Waals surface area contributed by atoms with Crippen LogP contribution in [0.5, 0.6) is 0 Å². The van der Waals surface area contributed by atoms with Crippen LogP contribution in [0.15, 0.2) is 65.9 Å². The third-order valence-electron chi connectivity index (χ3n) is 4.63. The van der Waals surface area contributed by atoms with Gasteiger partial charge in [0.1, 0.15) is 0 Å². The summed E-state index contributed by atoms with van der Waals surface area (Å²) in [4.78, 5) is 37.9. The van der Waals surface area contributed by atoms with Gasteiger partial charge in [0, 0.05) is 22.1 Å². The second-order valence-corrected chi connectivity index (χ2v) is 7.50. The molecule has 0 amide bonds. The van der Waals surface area contributed by atoms with Gasteiger partial charge in [0.25, 0.3) is 0 Å². The molecule has 1 aliphatic carbocycles. The zero-order valence-corrected chi connectivity index (χ0v) is 16.2. The maximum Gasteiger partial charge on any atom is 0.338 e. The third kappa shape index (κ3) is 3.88. The number of carbonyl (C=O) groups is 3. The van der Waals surface area contributed by atoms with E-state index in [1.807, 2.05) is 19.9 Å². The molecule has 0 saturated heterocycles. The number of ketones is 2. The zero-order valence-electron chi connectivity index (χ0n) is 16.2. The van der Waals surface area contributed by atoms with Crippen molar-refractivity contribution in [2.75, 3.05) is 13.7 Å². The van der Waals surface area contributed by atoms with Crippen LogP contribution >= 0.6 is 0 Å². The van der Waals surface area contributed by atoms with Gasteiger partial charge in [-0.3, -0.25) is 9.59 Å². The smallest absolute Gasteiger partial charge is 0.338 e. The Labute approximate surface area is 164 Å². The normalized spacial score (nSPS) is 14.0. The number of ether oxygens (including phenoxy) is 2. The highest BCUT2D eigenvalue weighted by molar-refractivity contribution is 6.26. The van der Waals surface area contributed by atoms with Crippen molar-refractivity contribution in [2.45, 2.75) is 20.3 Å². The molecule has 0 spiro atoms. The van der Waals surface area contributed by atoms with E-state index in [1.165, 1.54) is 7.11 Å². The topological polar surface area (TPSA) is 69.7 Å². The number of allylic oxidation sites excluding steroid dienone is 2. The first-order valence-electron chi connectivity index (χ1n) is 9.02. The minimum atomic E-state index is -0.564. The van der Waals surface area contributed by atoms with Crippen molar-refractivity contribution in [1.82, 2.24) is 0 Å². The van der Waals surface area contributed by atoms with E-state index < -0.39 is 11.4 Å². The van der Waals surface area contributed by atoms with Crippen LogP contribution in [-0.2, 0) is 9.47 Å². The van der Waals surface area contributed by atoms with Crippen LogP contribution in [0.4, 0.5) is 0 Å². The fourth-order valence-electron chi connectivity index (χ4n) is 3.23. The standard InChI is InChI=1S/C23H22O5/c1-23(2,14-28-22(26)15-9-5-4-6-10-15)13-18-19(24)16-11-7-8-12-17(16)20(25)21(18)27-3/h4-12H,13-14H2,1-3H3. The van der Waals surface area contributed by atoms with E-state index in [-0.39, 0.29) is 30.4 Å². The van der Waals surface area contributed by atoms with Crippen molar-refractivity contribution in [2.24, 2.45) is 5.41 Å². The number of methoxy groups -OCH3 is 1. The minimum Gasteiger partial charge on any atom is -0.492 e. The Kier molecular flexibility index (Phi) is 5.45. The molecule has 5 heteroatoms. The summed E-state index contributed by atoms with van der Waals surface area (Å²) in [6.07, 6.45) is 0.247. The van der Waals surface area contributed by atoms with E-state index in [1.54, 1.807) is 48.5 Å². The maximum absolute atomic E-state index is 13.0. The van der Waals surface area contributed by atoms with Crippen molar-refractivity contribution in [3.63, 3.8) is 0 Å². The Morgan fingerprint density at radius 3 is 2.07 bits per heavy atom. The largest absolute Gasteiger partial charge is 0.492 e. The molecule has 0 radical (unpaired) electrons. The van der Waals surface area contributed by atoms with E-state index in [0.717, 1.165) is 0 Å². The predicted molar refractivity (Wildman–Crippen MR) is 104 cm³/mol. The number of esters is 1. The summed E-state index contributed by atoms with van der Waals surface area (Å²) < 4.78 is 10.7. The van der Waals surface area contributed by atoms with Crippen molar-refractivity contribution >= 4 is 17.5 Å². The summed E-state index contributed by atoms with van der Waals surface area (Å²) in [6.45, 7) is 3.86. The van der Waals surface area contributed by atoms with Crippen LogP contribution < -0.4 is 0 Å². The fraction of sp³-hybridized carbons (Fsp3) is 0.261. The lowest BCUT2D eigenvalue weighted by atomic mass is 9.79. The van der Waals surface area contributed by atoms with Gasteiger partial charge in [-0.25, -0.2) is 4.79 Å². The third-order valence-corrected chi connectivity index (χ3v) is 4.63. The minimum absolute atomic E-state index is 0.0613. The Morgan fingerprint density at radius 1 is 0.893 bits per heavy atom. The monoisotopic (exact) mass is 378 g/mol. The predicted octanol–water partition coefficient (Wildman–Crippen LogP) is 4.24. The molecule has 3 rings (SSSR count). The van der Waals surface area contributed by atoms with Crippen molar-refractivity contribution in [3.05, 3.63) is 82.6 Å². The molecular weight excluding hydrogens is 356 g/mol. The fourth-order valence-corrected chi connectivity index (χ4v) is 3.23. The number of hydrogen-bond acceptors (Lipinski definition) is 5. The molecule has 0 aromatic heterocycles. The summed E-state index contributed by atoms with van der Waals surface area (Å²) in [5, 5.41) is 0. The van der Waals surface area contributed by atoms with Crippen molar-refractivity contribution in [1.29, 1.82) is 0 Å². The molecule has 0 fully saturated rings. The van der Waals surface area contributed by atoms with Gasteiger partial charge in [0.15, 0.2) is 11.5 Å². The number of carbonyl (C=O) groups excluding carboxylic acids is 3. The average molecular weight is 378 g/mol. The first-order chi connectivity index (χ1) is 13.3. The van der Waals surface area contributed by atoms with Crippen LogP contribution in [0.25, 0.3) is 0 Å². The molecule has 2 aromatic rings. The summed E-state index contributed by atoms with van der Waals surface area (Å²) >= 11 is 0. The summed E-state index contributed by atoms with van der Waals surface area (Å²) in [7, 11) is 1.39. The quantitative estimate of drug-likeness (QED) is 0.703. The van der Waals surface area contributed by atoms with Gasteiger partial charge in [0.05, 0.1) is 19.3 Å². The summed E-state index contributed by atoms with van der Waals surface area (Å²) in [5.74, 6) is -0.892. The molecule has 0 saturated carbocycles. The van der Waals surface area contributed by atoms with Gasteiger partial charge >= 0.3 is 5.97 Å². The SMILES string of the molecule is COC1=C(CC(C)(C)COC(=O)c2ccccc2)C(=O)c2ccccc2C1=O. The lowest BCUT2D eigenvalue weighted by molar-refractivity contribution is 0.0338. The van der Waals surface area contributed by atoms with E-state index in [0.29, 0.717) is 22.3 Å². The maximum atomic E-state index is 13.0. The first-order valence-corrected chi connectivity index (χ1v) is 9.02. The van der Waals surface area contributed by atoms with Crippen LogP contribution in [0.2, 0.25) is 0 Å². The molecule has 144 valence electrons. The second kappa shape index (κ2) is 7.80. The molecule has 0 bridgehead atoms. The molecular formula is C23H22O5. The van der Waals surface area contributed by atoms with Gasteiger partial charge in [-0.15, -0.1) is 0 Å². The number of fused-ring (bicyclic) bond motifs is 1. The Balaban J connectivity index is 1.79. The Hall–Kier alpha value is -3.21. The zero-order chi connectivity index (χ0) is 20.3. The highest BCUT2D eigenvalue weighted by Crippen LogP contribution is 2.34. The van der Waals surface area contributed by atoms with E-state index in [2.05, 4.69) is 0 Å². The summed E-state index contributed by atoms with van der Waals surface area (Å²) in [6, 6.07) is 15.4. The Morgan fingerprint density at radius 2 is 1.46 bits per heavy atom. The van der Waals surface area contributed by atoms with Crippen LogP contribution in [0.1, 0.15) is 51.3 Å². The highest BCUT2D eigenvalue weighted by Gasteiger charge is 2.36. The molecule has 1 aliphatic rings. The number of benzene rings is 2. The number of Topliss-reactive ketones (excluding diaryl/α,β-unsaturated/α-hetero) is 2. The van der Waals surface area contributed by atoms with Gasteiger partial charge in [0.2, 0.25) is 5.78 Å². The van der Waals surface area contributed by atoms with Gasteiger partial charge in [-0.1, -0.05) is 56.3 Å². The van der Waals surface area contributed by atoms with Crippen LogP contribution in [0.3, 0.4) is 0 Å². The molecule has 0 atom stereocenters. The lowest BCUT2D eigenvalue weighted by Gasteiger charge is -2.28. The molecule has 2 aromatic carbocycles. The van der Waals surface area contributed by atoms with Crippen LogP contribution in [-0.4, -0.2) is 31.3 Å². The number of hydrogen-bond donors (Lipinski definition) is 0. The highest BCUT2D eigenvalue weighted by atomic mass is 16.5. The first kappa shape index (κ1) is 19.5. The molecule has 5 nitrogen and oxygen atoms in total. The van der Waals surface area contributed by atoms with Gasteiger partial charge < -0.3 is 9.47 Å². The molecule has 0 unspecified atom stereocenters. The van der Waals surface area contributed by atoms with E-state index in [4.69, 9.17) is 9.47 Å². The van der Waals surface area contributed by atoms with Crippen molar-refractivity contribution in [3.8, 4) is 0 Å². The average Bonchev–Trinajstić information content (AvgIpc) is 2.71. The molecule has 0 N–H and O–H groups in total. The molecule has 0 aliphatic heterocycles.